The van der Waals surface area contributed by atoms with Gasteiger partial charge in [-0.1, -0.05) is 109 Å². The van der Waals surface area contributed by atoms with Crippen LogP contribution in [0.2, 0.25) is 0 Å². The van der Waals surface area contributed by atoms with Crippen LogP contribution in [0.25, 0.3) is 90.3 Å². The predicted octanol–water partition coefficient (Wildman–Crippen LogP) is 11.1. The molecule has 0 spiro atoms. The molecule has 10 rings (SSSR count). The molecule has 0 bridgehead atoms. The van der Waals surface area contributed by atoms with Crippen LogP contribution in [0.3, 0.4) is 0 Å². The van der Waals surface area contributed by atoms with Gasteiger partial charge in [0.2, 0.25) is 0 Å². The van der Waals surface area contributed by atoms with Crippen LogP contribution in [-0.2, 0) is 0 Å². The summed E-state index contributed by atoms with van der Waals surface area (Å²) in [6.07, 6.45) is 0. The Kier molecular flexibility index (Phi) is 4.75. The molecule has 0 saturated carbocycles. The molecule has 5 heteroatoms. The summed E-state index contributed by atoms with van der Waals surface area (Å²) in [6, 6.07) is 45.5. The number of benzene rings is 6. The van der Waals surface area contributed by atoms with Crippen molar-refractivity contribution in [3.8, 4) is 17.2 Å². The third-order valence-corrected chi connectivity index (χ3v) is 10.9. The second kappa shape index (κ2) is 8.71. The molecular formula is C38H21N3S2. The van der Waals surface area contributed by atoms with Crippen molar-refractivity contribution in [2.75, 3.05) is 0 Å². The summed E-state index contributed by atoms with van der Waals surface area (Å²) in [6.45, 7) is 0. The van der Waals surface area contributed by atoms with Crippen LogP contribution in [0.1, 0.15) is 0 Å². The van der Waals surface area contributed by atoms with Crippen molar-refractivity contribution in [1.82, 2.24) is 14.5 Å². The minimum Gasteiger partial charge on any atom is -0.292 e. The molecule has 0 radical (unpaired) electrons. The highest BCUT2D eigenvalue weighted by Crippen LogP contribution is 2.49. The first-order valence-corrected chi connectivity index (χ1v) is 16.0. The van der Waals surface area contributed by atoms with E-state index in [-0.39, 0.29) is 0 Å². The Labute approximate surface area is 253 Å². The Morgan fingerprint density at radius 1 is 0.465 bits per heavy atom. The third-order valence-electron chi connectivity index (χ3n) is 8.61. The summed E-state index contributed by atoms with van der Waals surface area (Å²) in [5, 5.41) is 9.99. The molecule has 3 nitrogen and oxygen atoms in total. The molecule has 0 fully saturated rings. The highest BCUT2D eigenvalue weighted by molar-refractivity contribution is 7.27. The first-order chi connectivity index (χ1) is 21.3. The van der Waals surface area contributed by atoms with Gasteiger partial charge >= 0.3 is 0 Å². The van der Waals surface area contributed by atoms with Gasteiger partial charge in [0.05, 0.1) is 16.4 Å². The van der Waals surface area contributed by atoms with E-state index in [0.717, 1.165) is 32.9 Å². The topological polar surface area (TPSA) is 30.7 Å². The summed E-state index contributed by atoms with van der Waals surface area (Å²) in [4.78, 5) is 11.6. The molecule has 0 aliphatic rings. The van der Waals surface area contributed by atoms with Crippen molar-refractivity contribution >= 4 is 95.7 Å². The lowest BCUT2D eigenvalue weighted by atomic mass is 10.00. The van der Waals surface area contributed by atoms with Crippen LogP contribution < -0.4 is 0 Å². The first-order valence-electron chi connectivity index (χ1n) is 14.4. The zero-order valence-electron chi connectivity index (χ0n) is 22.8. The molecule has 0 atom stereocenters. The van der Waals surface area contributed by atoms with Crippen molar-refractivity contribution < 1.29 is 0 Å². The van der Waals surface area contributed by atoms with Crippen LogP contribution in [0.15, 0.2) is 127 Å². The monoisotopic (exact) mass is 583 g/mol. The fraction of sp³-hybridized carbons (Fsp3) is 0. The molecule has 4 aromatic heterocycles. The number of thiophene rings is 2. The number of aromatic nitrogens is 3. The average Bonchev–Trinajstić information content (AvgIpc) is 3.75. The minimum absolute atomic E-state index is 0.743. The SMILES string of the molecule is c1ccc(-c2nc(-n3c4ccccc4c4c5sc6ccccc6c5c5ccccc5c43)c3c(n2)sc2ccccc23)cc1. The molecule has 10 aromatic rings. The van der Waals surface area contributed by atoms with E-state index in [1.165, 1.54) is 57.3 Å². The largest absolute Gasteiger partial charge is 0.292 e. The Morgan fingerprint density at radius 2 is 1.07 bits per heavy atom. The standard InChI is InChI=1S/C38H21N3S2/c1-2-12-22(13-3-1)36-39-37(33-27-18-8-11-21-30(27)43-38(33)40-36)41-28-19-9-6-16-25(28)32-34(41)24-15-5-4-14-23(24)31-26-17-7-10-20-29(26)42-35(31)32/h1-21H. The molecule has 200 valence electrons. The third kappa shape index (κ3) is 3.18. The Balaban J connectivity index is 1.49. The maximum atomic E-state index is 5.43. The van der Waals surface area contributed by atoms with E-state index in [4.69, 9.17) is 9.97 Å². The summed E-state index contributed by atoms with van der Waals surface area (Å²) in [5.74, 6) is 1.67. The molecule has 4 heterocycles. The van der Waals surface area contributed by atoms with Crippen LogP contribution in [0.5, 0.6) is 0 Å². The number of hydrogen-bond donors (Lipinski definition) is 0. The number of fused-ring (bicyclic) bond motifs is 13. The highest BCUT2D eigenvalue weighted by atomic mass is 32.1. The molecular weight excluding hydrogens is 563 g/mol. The number of hydrogen-bond acceptors (Lipinski definition) is 4. The average molecular weight is 584 g/mol. The summed E-state index contributed by atoms with van der Waals surface area (Å²) in [5.41, 5.74) is 3.37. The lowest BCUT2D eigenvalue weighted by Crippen LogP contribution is -2.02. The lowest BCUT2D eigenvalue weighted by Gasteiger charge is -2.13. The highest BCUT2D eigenvalue weighted by Gasteiger charge is 2.24. The van der Waals surface area contributed by atoms with Crippen LogP contribution in [0.4, 0.5) is 0 Å². The molecule has 0 aliphatic carbocycles. The van der Waals surface area contributed by atoms with Crippen molar-refractivity contribution in [3.63, 3.8) is 0 Å². The van der Waals surface area contributed by atoms with Crippen molar-refractivity contribution in [2.24, 2.45) is 0 Å². The van der Waals surface area contributed by atoms with Gasteiger partial charge in [0.1, 0.15) is 4.83 Å². The molecule has 0 unspecified atom stereocenters. The van der Waals surface area contributed by atoms with Crippen LogP contribution in [0, 0.1) is 0 Å². The fourth-order valence-corrected chi connectivity index (χ4v) is 9.17. The van der Waals surface area contributed by atoms with E-state index in [1.807, 2.05) is 17.4 Å². The second-order valence-corrected chi connectivity index (χ2v) is 13.0. The van der Waals surface area contributed by atoms with Gasteiger partial charge in [-0.3, -0.25) is 4.57 Å². The normalized spacial score (nSPS) is 12.2. The minimum atomic E-state index is 0.743. The van der Waals surface area contributed by atoms with Crippen LogP contribution >= 0.6 is 22.7 Å². The quantitative estimate of drug-likeness (QED) is 0.203. The molecule has 6 aromatic carbocycles. The van der Waals surface area contributed by atoms with E-state index >= 15 is 0 Å². The van der Waals surface area contributed by atoms with Gasteiger partial charge in [-0.2, -0.15) is 0 Å². The fourth-order valence-electron chi connectivity index (χ4n) is 6.82. The van der Waals surface area contributed by atoms with Gasteiger partial charge in [-0.05, 0) is 23.6 Å². The van der Waals surface area contributed by atoms with E-state index in [9.17, 15) is 0 Å². The molecule has 0 N–H and O–H groups in total. The van der Waals surface area contributed by atoms with Gasteiger partial charge in [-0.15, -0.1) is 22.7 Å². The Bertz CT molecular complexity index is 2730. The van der Waals surface area contributed by atoms with E-state index in [0.29, 0.717) is 0 Å². The second-order valence-electron chi connectivity index (χ2n) is 10.9. The molecule has 0 amide bonds. The lowest BCUT2D eigenvalue weighted by molar-refractivity contribution is 1.08. The van der Waals surface area contributed by atoms with Crippen LogP contribution in [-0.4, -0.2) is 14.5 Å². The summed E-state index contributed by atoms with van der Waals surface area (Å²) >= 11 is 3.63. The first kappa shape index (κ1) is 23.5. The van der Waals surface area contributed by atoms with Crippen molar-refractivity contribution in [1.29, 1.82) is 0 Å². The van der Waals surface area contributed by atoms with Crippen molar-refractivity contribution in [3.05, 3.63) is 127 Å². The van der Waals surface area contributed by atoms with E-state index < -0.39 is 0 Å². The van der Waals surface area contributed by atoms with Gasteiger partial charge in [0.25, 0.3) is 0 Å². The number of para-hydroxylation sites is 1. The number of nitrogens with zero attached hydrogens (tertiary/aromatic N) is 3. The Hall–Kier alpha value is -5.10. The summed E-state index contributed by atoms with van der Waals surface area (Å²) in [7, 11) is 0. The zero-order chi connectivity index (χ0) is 28.1. The van der Waals surface area contributed by atoms with Gasteiger partial charge < -0.3 is 0 Å². The van der Waals surface area contributed by atoms with E-state index in [1.54, 1.807) is 11.3 Å². The zero-order valence-corrected chi connectivity index (χ0v) is 24.4. The predicted molar refractivity (Wildman–Crippen MR) is 185 cm³/mol. The van der Waals surface area contributed by atoms with Gasteiger partial charge in [-0.25, -0.2) is 9.97 Å². The smallest absolute Gasteiger partial charge is 0.163 e. The van der Waals surface area contributed by atoms with Crippen molar-refractivity contribution in [2.45, 2.75) is 0 Å². The molecule has 43 heavy (non-hydrogen) atoms. The van der Waals surface area contributed by atoms with Gasteiger partial charge in [0, 0.05) is 52.0 Å². The maximum Gasteiger partial charge on any atom is 0.163 e. The maximum absolute atomic E-state index is 5.43. The van der Waals surface area contributed by atoms with E-state index in [2.05, 4.69) is 126 Å². The molecule has 0 aliphatic heterocycles. The number of rotatable bonds is 2. The molecule has 0 saturated heterocycles. The van der Waals surface area contributed by atoms with Gasteiger partial charge in [0.15, 0.2) is 11.6 Å². The Morgan fingerprint density at radius 3 is 1.86 bits per heavy atom. The summed E-state index contributed by atoms with van der Waals surface area (Å²) < 4.78 is 6.28.